The van der Waals surface area contributed by atoms with Gasteiger partial charge in [-0.25, -0.2) is 17.9 Å². The van der Waals surface area contributed by atoms with Crippen molar-refractivity contribution in [1.29, 1.82) is 0 Å². The zero-order chi connectivity index (χ0) is 14.7. The van der Waals surface area contributed by atoms with E-state index in [1.54, 1.807) is 26.8 Å². The molecule has 0 unspecified atom stereocenters. The summed E-state index contributed by atoms with van der Waals surface area (Å²) in [7, 11) is -3.66. The second-order valence-electron chi connectivity index (χ2n) is 5.97. The van der Waals surface area contributed by atoms with Gasteiger partial charge in [0.05, 0.1) is 4.75 Å². The minimum absolute atomic E-state index is 0.553. The summed E-state index contributed by atoms with van der Waals surface area (Å²) in [4.78, 5) is 11.6. The number of ether oxygens (including phenoxy) is 1. The monoisotopic (exact) mass is 289 g/mol. The van der Waals surface area contributed by atoms with E-state index >= 15 is 0 Å². The molecule has 1 amide bonds. The van der Waals surface area contributed by atoms with Gasteiger partial charge in [0.25, 0.3) is 0 Å². The molecule has 1 N–H and O–H groups in total. The van der Waals surface area contributed by atoms with E-state index in [4.69, 9.17) is 4.74 Å². The largest absolute Gasteiger partial charge is 0.443 e. The SMILES string of the molecule is C=CCCCC1(S(=O)(=O)NC(=O)OC(C)(C)C)CC1. The Morgan fingerprint density at radius 3 is 2.42 bits per heavy atom. The number of carbonyl (C=O) groups excluding carboxylic acids is 1. The van der Waals surface area contributed by atoms with Crippen molar-refractivity contribution in [2.45, 2.75) is 63.2 Å². The number of nitrogens with one attached hydrogen (secondary N) is 1. The molecule has 1 saturated carbocycles. The van der Waals surface area contributed by atoms with Gasteiger partial charge in [0.2, 0.25) is 10.0 Å². The molecule has 5 nitrogen and oxygen atoms in total. The first kappa shape index (κ1) is 16.0. The third-order valence-corrected chi connectivity index (χ3v) is 5.22. The highest BCUT2D eigenvalue weighted by Crippen LogP contribution is 2.47. The zero-order valence-corrected chi connectivity index (χ0v) is 12.7. The molecule has 19 heavy (non-hydrogen) atoms. The molecule has 1 rings (SSSR count). The molecule has 6 heteroatoms. The Balaban J connectivity index is 2.61. The van der Waals surface area contributed by atoms with Crippen LogP contribution in [-0.4, -0.2) is 24.9 Å². The van der Waals surface area contributed by atoms with Gasteiger partial charge in [-0.2, -0.15) is 0 Å². The molecule has 0 aromatic carbocycles. The van der Waals surface area contributed by atoms with Crippen LogP contribution in [0.4, 0.5) is 4.79 Å². The van der Waals surface area contributed by atoms with Gasteiger partial charge in [0, 0.05) is 0 Å². The first-order valence-electron chi connectivity index (χ1n) is 6.48. The number of unbranched alkanes of at least 4 members (excludes halogenated alkanes) is 1. The Morgan fingerprint density at radius 1 is 1.42 bits per heavy atom. The molecular formula is C13H23NO4S. The lowest BCUT2D eigenvalue weighted by atomic mass is 10.2. The van der Waals surface area contributed by atoms with Crippen LogP contribution in [0.2, 0.25) is 0 Å². The molecule has 0 bridgehead atoms. The molecule has 0 aliphatic heterocycles. The van der Waals surface area contributed by atoms with Crippen molar-refractivity contribution in [3.63, 3.8) is 0 Å². The highest BCUT2D eigenvalue weighted by molar-refractivity contribution is 7.91. The summed E-state index contributed by atoms with van der Waals surface area (Å²) < 4.78 is 30.6. The molecule has 0 atom stereocenters. The summed E-state index contributed by atoms with van der Waals surface area (Å²) >= 11 is 0. The Labute approximate surface area is 115 Å². The van der Waals surface area contributed by atoms with E-state index in [-0.39, 0.29) is 0 Å². The number of sulfonamides is 1. The normalized spacial score (nSPS) is 17.6. The summed E-state index contributed by atoms with van der Waals surface area (Å²) in [6, 6.07) is 0. The fourth-order valence-corrected chi connectivity index (χ4v) is 3.41. The van der Waals surface area contributed by atoms with Crippen LogP contribution in [-0.2, 0) is 14.8 Å². The topological polar surface area (TPSA) is 72.5 Å². The number of hydrogen-bond donors (Lipinski definition) is 1. The number of rotatable bonds is 6. The molecule has 0 spiro atoms. The summed E-state index contributed by atoms with van der Waals surface area (Å²) in [6.45, 7) is 8.68. The van der Waals surface area contributed by atoms with Gasteiger partial charge < -0.3 is 4.74 Å². The van der Waals surface area contributed by atoms with Crippen molar-refractivity contribution in [1.82, 2.24) is 4.72 Å². The molecule has 0 aromatic rings. The van der Waals surface area contributed by atoms with E-state index in [1.807, 2.05) is 4.72 Å². The number of allylic oxidation sites excluding steroid dienone is 1. The fourth-order valence-electron chi connectivity index (χ4n) is 1.88. The average Bonchev–Trinajstić information content (AvgIpc) is 2.95. The van der Waals surface area contributed by atoms with Crippen LogP contribution < -0.4 is 4.72 Å². The second-order valence-corrected chi connectivity index (χ2v) is 8.05. The van der Waals surface area contributed by atoms with E-state index in [9.17, 15) is 13.2 Å². The Kier molecular flexibility index (Phi) is 4.66. The third-order valence-electron chi connectivity index (χ3n) is 3.03. The maximum Gasteiger partial charge on any atom is 0.421 e. The fraction of sp³-hybridized carbons (Fsp3) is 0.769. The first-order valence-corrected chi connectivity index (χ1v) is 7.96. The van der Waals surface area contributed by atoms with Crippen molar-refractivity contribution >= 4 is 16.1 Å². The van der Waals surface area contributed by atoms with Crippen LogP contribution in [0.5, 0.6) is 0 Å². The third kappa shape index (κ3) is 4.53. The van der Waals surface area contributed by atoms with Crippen molar-refractivity contribution in [2.24, 2.45) is 0 Å². The van der Waals surface area contributed by atoms with Gasteiger partial charge in [-0.05, 0) is 52.9 Å². The first-order chi connectivity index (χ1) is 8.62. The van der Waals surface area contributed by atoms with Gasteiger partial charge in [0.15, 0.2) is 0 Å². The molecule has 1 aliphatic carbocycles. The number of carbonyl (C=O) groups is 1. The van der Waals surface area contributed by atoms with E-state index in [0.29, 0.717) is 19.3 Å². The van der Waals surface area contributed by atoms with Crippen molar-refractivity contribution in [2.75, 3.05) is 0 Å². The number of hydrogen-bond acceptors (Lipinski definition) is 4. The average molecular weight is 289 g/mol. The summed E-state index contributed by atoms with van der Waals surface area (Å²) in [5.41, 5.74) is -0.709. The van der Waals surface area contributed by atoms with Gasteiger partial charge in [-0.15, -0.1) is 6.58 Å². The molecule has 0 radical (unpaired) electrons. The summed E-state index contributed by atoms with van der Waals surface area (Å²) in [6.07, 6.45) is 4.16. The molecule has 0 aromatic heterocycles. The van der Waals surface area contributed by atoms with Crippen LogP contribution in [0.1, 0.15) is 52.9 Å². The summed E-state index contributed by atoms with van der Waals surface area (Å²) in [5, 5.41) is 0. The van der Waals surface area contributed by atoms with Crippen molar-refractivity contribution < 1.29 is 17.9 Å². The van der Waals surface area contributed by atoms with E-state index in [0.717, 1.165) is 12.8 Å². The van der Waals surface area contributed by atoms with Crippen LogP contribution in [0, 0.1) is 0 Å². The van der Waals surface area contributed by atoms with E-state index in [2.05, 4.69) is 6.58 Å². The second kappa shape index (κ2) is 5.53. The van der Waals surface area contributed by atoms with Crippen LogP contribution in [0.15, 0.2) is 12.7 Å². The van der Waals surface area contributed by atoms with Crippen molar-refractivity contribution in [3.05, 3.63) is 12.7 Å². The predicted octanol–water partition coefficient (Wildman–Crippen LogP) is 2.73. The summed E-state index contributed by atoms with van der Waals surface area (Å²) in [5.74, 6) is 0. The molecule has 1 aliphatic rings. The predicted molar refractivity (Wildman–Crippen MR) is 74.3 cm³/mol. The molecule has 0 saturated heterocycles. The molecular weight excluding hydrogens is 266 g/mol. The van der Waals surface area contributed by atoms with Crippen LogP contribution >= 0.6 is 0 Å². The molecule has 0 heterocycles. The standard InChI is InChI=1S/C13H23NO4S/c1-5-6-7-8-13(9-10-13)19(16,17)14-11(15)18-12(2,3)4/h5H,1,6-10H2,2-4H3,(H,14,15). The molecule has 1 fully saturated rings. The Hall–Kier alpha value is -1.04. The number of amides is 1. The minimum Gasteiger partial charge on any atom is -0.443 e. The van der Waals surface area contributed by atoms with E-state index < -0.39 is 26.5 Å². The van der Waals surface area contributed by atoms with Gasteiger partial charge in [-0.3, -0.25) is 0 Å². The lowest BCUT2D eigenvalue weighted by Gasteiger charge is -2.21. The van der Waals surface area contributed by atoms with Crippen LogP contribution in [0.3, 0.4) is 0 Å². The maximum atomic E-state index is 12.2. The van der Waals surface area contributed by atoms with Gasteiger partial charge in [0.1, 0.15) is 5.60 Å². The van der Waals surface area contributed by atoms with Crippen molar-refractivity contribution in [3.8, 4) is 0 Å². The quantitative estimate of drug-likeness (QED) is 0.603. The minimum atomic E-state index is -3.66. The highest BCUT2D eigenvalue weighted by atomic mass is 32.2. The smallest absolute Gasteiger partial charge is 0.421 e. The van der Waals surface area contributed by atoms with Gasteiger partial charge in [-0.1, -0.05) is 6.08 Å². The van der Waals surface area contributed by atoms with E-state index in [1.165, 1.54) is 0 Å². The van der Waals surface area contributed by atoms with Gasteiger partial charge >= 0.3 is 6.09 Å². The maximum absolute atomic E-state index is 12.2. The zero-order valence-electron chi connectivity index (χ0n) is 11.9. The lowest BCUT2D eigenvalue weighted by Crippen LogP contribution is -2.42. The Morgan fingerprint density at radius 2 is 2.00 bits per heavy atom. The lowest BCUT2D eigenvalue weighted by molar-refractivity contribution is 0.0569. The molecule has 110 valence electrons. The highest BCUT2D eigenvalue weighted by Gasteiger charge is 2.54. The van der Waals surface area contributed by atoms with Crippen LogP contribution in [0.25, 0.3) is 0 Å². The Bertz CT molecular complexity index is 444.